The highest BCUT2D eigenvalue weighted by Crippen LogP contribution is 2.18. The zero-order chi connectivity index (χ0) is 23.3. The van der Waals surface area contributed by atoms with Gasteiger partial charge in [-0.1, -0.05) is 29.8 Å². The maximum absolute atomic E-state index is 13.2. The number of nitrogens with zero attached hydrogens (tertiary/aromatic N) is 5. The molecule has 0 unspecified atom stereocenters. The molecule has 32 heavy (non-hydrogen) atoms. The van der Waals surface area contributed by atoms with Crippen molar-refractivity contribution in [1.82, 2.24) is 29.8 Å². The summed E-state index contributed by atoms with van der Waals surface area (Å²) in [4.78, 5) is 43.2. The van der Waals surface area contributed by atoms with Crippen molar-refractivity contribution < 1.29 is 14.4 Å². The monoisotopic (exact) mass is 440 g/mol. The van der Waals surface area contributed by atoms with Gasteiger partial charge in [-0.2, -0.15) is 5.10 Å². The molecule has 3 amide bonds. The summed E-state index contributed by atoms with van der Waals surface area (Å²) in [5.41, 5.74) is 2.80. The zero-order valence-electron chi connectivity index (χ0n) is 19.3. The van der Waals surface area contributed by atoms with E-state index in [2.05, 4.69) is 16.5 Å². The number of carbonyl (C=O) groups is 3. The molecule has 0 saturated carbocycles. The molecular weight excluding hydrogens is 408 g/mol. The van der Waals surface area contributed by atoms with Gasteiger partial charge < -0.3 is 20.0 Å². The Balaban J connectivity index is 1.66. The molecule has 2 aromatic rings. The maximum atomic E-state index is 13.2. The Morgan fingerprint density at radius 3 is 2.66 bits per heavy atom. The highest BCUT2D eigenvalue weighted by atomic mass is 16.2. The van der Waals surface area contributed by atoms with Gasteiger partial charge in [-0.15, -0.1) is 0 Å². The third-order valence-corrected chi connectivity index (χ3v) is 5.37. The van der Waals surface area contributed by atoms with E-state index in [4.69, 9.17) is 0 Å². The second kappa shape index (κ2) is 10.4. The molecule has 9 nitrogen and oxygen atoms in total. The number of amides is 3. The van der Waals surface area contributed by atoms with Crippen LogP contribution in [0.15, 0.2) is 30.3 Å². The van der Waals surface area contributed by atoms with E-state index in [1.54, 1.807) is 22.7 Å². The smallest absolute Gasteiger partial charge is 0.274 e. The van der Waals surface area contributed by atoms with Crippen LogP contribution in [0.4, 0.5) is 0 Å². The number of aromatic nitrogens is 2. The Hall–Kier alpha value is -3.20. The summed E-state index contributed by atoms with van der Waals surface area (Å²) >= 11 is 0. The number of hydrogen-bond acceptors (Lipinski definition) is 5. The maximum Gasteiger partial charge on any atom is 0.274 e. The van der Waals surface area contributed by atoms with Crippen LogP contribution in [-0.2, 0) is 17.9 Å². The fourth-order valence-electron chi connectivity index (χ4n) is 3.68. The molecular formula is C23H32N6O3. The van der Waals surface area contributed by atoms with Crippen molar-refractivity contribution in [3.63, 3.8) is 0 Å². The number of likely N-dealkylation sites (N-methyl/N-ethyl adjacent to an activating group) is 2. The van der Waals surface area contributed by atoms with Gasteiger partial charge in [-0.3, -0.25) is 19.1 Å². The van der Waals surface area contributed by atoms with E-state index < -0.39 is 0 Å². The highest BCUT2D eigenvalue weighted by Gasteiger charge is 2.27. The molecule has 0 radical (unpaired) electrons. The summed E-state index contributed by atoms with van der Waals surface area (Å²) in [5, 5.41) is 7.16. The first-order chi connectivity index (χ1) is 15.2. The van der Waals surface area contributed by atoms with Gasteiger partial charge in [-0.05, 0) is 33.0 Å². The average Bonchev–Trinajstić information content (AvgIpc) is 3.10. The van der Waals surface area contributed by atoms with E-state index in [9.17, 15) is 14.4 Å². The molecule has 1 aromatic heterocycles. The van der Waals surface area contributed by atoms with Crippen LogP contribution in [0.25, 0.3) is 0 Å². The van der Waals surface area contributed by atoms with Gasteiger partial charge in [0.2, 0.25) is 5.91 Å². The molecule has 0 atom stereocenters. The van der Waals surface area contributed by atoms with Crippen LogP contribution in [0.3, 0.4) is 0 Å². The first-order valence-corrected chi connectivity index (χ1v) is 10.8. The van der Waals surface area contributed by atoms with Gasteiger partial charge in [0.15, 0.2) is 5.69 Å². The van der Waals surface area contributed by atoms with E-state index in [1.807, 2.05) is 44.1 Å². The van der Waals surface area contributed by atoms with E-state index in [0.717, 1.165) is 24.1 Å². The van der Waals surface area contributed by atoms with Crippen LogP contribution in [0.1, 0.15) is 38.5 Å². The quantitative estimate of drug-likeness (QED) is 0.661. The van der Waals surface area contributed by atoms with Gasteiger partial charge in [0.25, 0.3) is 11.8 Å². The summed E-state index contributed by atoms with van der Waals surface area (Å²) in [6, 6.07) is 9.64. The minimum Gasteiger partial charge on any atom is -0.353 e. The Bertz CT molecular complexity index is 984. The van der Waals surface area contributed by atoms with Gasteiger partial charge in [0, 0.05) is 45.8 Å². The van der Waals surface area contributed by atoms with Crippen molar-refractivity contribution in [2.45, 2.75) is 26.4 Å². The fourth-order valence-corrected chi connectivity index (χ4v) is 3.68. The molecule has 2 heterocycles. The van der Waals surface area contributed by atoms with E-state index in [1.165, 1.54) is 4.90 Å². The van der Waals surface area contributed by atoms with Crippen LogP contribution in [-0.4, -0.2) is 89.5 Å². The van der Waals surface area contributed by atoms with Crippen molar-refractivity contribution in [3.05, 3.63) is 52.8 Å². The summed E-state index contributed by atoms with van der Waals surface area (Å²) in [5.74, 6) is -0.755. The number of aryl methyl sites for hydroxylation is 2. The molecule has 3 rings (SSSR count). The molecule has 1 aliphatic heterocycles. The average molecular weight is 441 g/mol. The molecule has 0 aliphatic carbocycles. The molecule has 0 fully saturated rings. The third kappa shape index (κ3) is 5.94. The lowest BCUT2D eigenvalue weighted by molar-refractivity contribution is -0.121. The lowest BCUT2D eigenvalue weighted by Gasteiger charge is -2.20. The lowest BCUT2D eigenvalue weighted by atomic mass is 10.1. The molecule has 172 valence electrons. The summed E-state index contributed by atoms with van der Waals surface area (Å²) in [7, 11) is 5.41. The molecule has 0 spiro atoms. The first-order valence-electron chi connectivity index (χ1n) is 10.8. The van der Waals surface area contributed by atoms with Gasteiger partial charge >= 0.3 is 0 Å². The second-order valence-electron chi connectivity index (χ2n) is 8.52. The number of hydrogen-bond donors (Lipinski definition) is 1. The Morgan fingerprint density at radius 2 is 1.94 bits per heavy atom. The van der Waals surface area contributed by atoms with E-state index in [0.29, 0.717) is 31.9 Å². The number of benzene rings is 1. The molecule has 0 saturated heterocycles. The van der Waals surface area contributed by atoms with Gasteiger partial charge in [0.05, 0.1) is 6.54 Å². The highest BCUT2D eigenvalue weighted by molar-refractivity contribution is 5.99. The topological polar surface area (TPSA) is 90.8 Å². The SMILES string of the molecule is Cc1cccc(CN2CCCn3nc(C(=O)N(C)CC(=O)NCCN(C)C)cc3C2=O)c1. The number of nitrogens with one attached hydrogen (secondary N) is 1. The largest absolute Gasteiger partial charge is 0.353 e. The predicted octanol–water partition coefficient (Wildman–Crippen LogP) is 0.987. The molecule has 1 aliphatic rings. The molecule has 1 N–H and O–H groups in total. The molecule has 0 bridgehead atoms. The Labute approximate surface area is 189 Å². The summed E-state index contributed by atoms with van der Waals surface area (Å²) < 4.78 is 1.61. The van der Waals surface area contributed by atoms with Crippen LogP contribution >= 0.6 is 0 Å². The first kappa shape index (κ1) is 23.5. The van der Waals surface area contributed by atoms with Crippen molar-refractivity contribution in [2.24, 2.45) is 0 Å². The van der Waals surface area contributed by atoms with Crippen LogP contribution in [0.2, 0.25) is 0 Å². The van der Waals surface area contributed by atoms with Crippen molar-refractivity contribution in [1.29, 1.82) is 0 Å². The Kier molecular flexibility index (Phi) is 7.63. The Morgan fingerprint density at radius 1 is 1.16 bits per heavy atom. The fraction of sp³-hybridized carbons (Fsp3) is 0.478. The summed E-state index contributed by atoms with van der Waals surface area (Å²) in [6.45, 7) is 4.90. The second-order valence-corrected chi connectivity index (χ2v) is 8.52. The molecule has 1 aromatic carbocycles. The van der Waals surface area contributed by atoms with Crippen LogP contribution in [0.5, 0.6) is 0 Å². The minimum absolute atomic E-state index is 0.0676. The molecule has 9 heteroatoms. The predicted molar refractivity (Wildman–Crippen MR) is 121 cm³/mol. The van der Waals surface area contributed by atoms with Gasteiger partial charge in [-0.25, -0.2) is 0 Å². The van der Waals surface area contributed by atoms with Gasteiger partial charge in [0.1, 0.15) is 5.69 Å². The lowest BCUT2D eigenvalue weighted by Crippen LogP contribution is -2.40. The number of carbonyl (C=O) groups excluding carboxylic acids is 3. The third-order valence-electron chi connectivity index (χ3n) is 5.37. The number of rotatable bonds is 8. The standard InChI is InChI=1S/C23H32N6O3/c1-17-7-5-8-18(13-17)15-28-10-6-11-29-20(23(28)32)14-19(25-29)22(31)27(4)16-21(30)24-9-12-26(2)3/h5,7-8,13-14H,6,9-12,15-16H2,1-4H3,(H,24,30). The van der Waals surface area contributed by atoms with Crippen LogP contribution < -0.4 is 5.32 Å². The van der Waals surface area contributed by atoms with Crippen molar-refractivity contribution >= 4 is 17.7 Å². The van der Waals surface area contributed by atoms with Crippen molar-refractivity contribution in [2.75, 3.05) is 47.3 Å². The number of fused-ring (bicyclic) bond motifs is 1. The van der Waals surface area contributed by atoms with Crippen LogP contribution in [0, 0.1) is 6.92 Å². The van der Waals surface area contributed by atoms with Crippen molar-refractivity contribution in [3.8, 4) is 0 Å². The normalized spacial score (nSPS) is 13.7. The zero-order valence-corrected chi connectivity index (χ0v) is 19.3. The minimum atomic E-state index is -0.383. The van der Waals surface area contributed by atoms with E-state index >= 15 is 0 Å². The van der Waals surface area contributed by atoms with E-state index in [-0.39, 0.29) is 30.0 Å². The summed E-state index contributed by atoms with van der Waals surface area (Å²) in [6.07, 6.45) is 0.754.